The standard InChI is InChI=1S/C20H25NO4S2/c1-15(16-8-11-19(12-9-16)26(3,22)23)21(2)27(24,25)20-13-10-17-6-4-5-7-18(17)14-20/h8-15H,4-7H2,1-3H3/t15-/m1/s1. The first-order valence-electron chi connectivity index (χ1n) is 9.00. The molecule has 3 rings (SSSR count). The summed E-state index contributed by atoms with van der Waals surface area (Å²) in [4.78, 5) is 0.531. The van der Waals surface area contributed by atoms with Crippen LogP contribution in [0.1, 0.15) is 42.5 Å². The normalized spacial score (nSPS) is 16.1. The van der Waals surface area contributed by atoms with E-state index in [-0.39, 0.29) is 4.90 Å². The molecule has 2 aromatic carbocycles. The molecule has 0 bridgehead atoms. The Hall–Kier alpha value is -1.70. The summed E-state index contributed by atoms with van der Waals surface area (Å²) in [6, 6.07) is 11.4. The van der Waals surface area contributed by atoms with E-state index in [9.17, 15) is 16.8 Å². The molecule has 0 N–H and O–H groups in total. The molecule has 1 aliphatic rings. The summed E-state index contributed by atoms with van der Waals surface area (Å²) in [5, 5.41) is 0. The van der Waals surface area contributed by atoms with E-state index in [1.54, 1.807) is 38.2 Å². The van der Waals surface area contributed by atoms with Gasteiger partial charge in [0.1, 0.15) is 0 Å². The maximum Gasteiger partial charge on any atom is 0.243 e. The molecule has 7 heteroatoms. The Kier molecular flexibility index (Phi) is 5.47. The van der Waals surface area contributed by atoms with Gasteiger partial charge in [0.2, 0.25) is 10.0 Å². The van der Waals surface area contributed by atoms with Gasteiger partial charge < -0.3 is 0 Å². The Labute approximate surface area is 162 Å². The molecule has 1 aliphatic carbocycles. The van der Waals surface area contributed by atoms with Crippen molar-refractivity contribution in [3.8, 4) is 0 Å². The Balaban J connectivity index is 1.88. The average molecular weight is 408 g/mol. The molecule has 0 heterocycles. The van der Waals surface area contributed by atoms with Crippen LogP contribution in [0.2, 0.25) is 0 Å². The van der Waals surface area contributed by atoms with Crippen LogP contribution in [0.25, 0.3) is 0 Å². The third kappa shape index (κ3) is 4.10. The Bertz CT molecular complexity index is 1040. The molecule has 2 aromatic rings. The van der Waals surface area contributed by atoms with Crippen molar-refractivity contribution < 1.29 is 16.8 Å². The monoisotopic (exact) mass is 407 g/mol. The summed E-state index contributed by atoms with van der Waals surface area (Å²) < 4.78 is 50.7. The highest BCUT2D eigenvalue weighted by molar-refractivity contribution is 7.90. The molecular weight excluding hydrogens is 382 g/mol. The molecule has 1 atom stereocenters. The fourth-order valence-electron chi connectivity index (χ4n) is 3.45. The van der Waals surface area contributed by atoms with Crippen LogP contribution in [0, 0.1) is 0 Å². The highest BCUT2D eigenvalue weighted by Gasteiger charge is 2.27. The largest absolute Gasteiger partial charge is 0.243 e. The van der Waals surface area contributed by atoms with E-state index in [1.807, 2.05) is 6.07 Å². The molecule has 0 saturated heterocycles. The number of benzene rings is 2. The number of hydrogen-bond donors (Lipinski definition) is 0. The van der Waals surface area contributed by atoms with Gasteiger partial charge in [-0.2, -0.15) is 4.31 Å². The van der Waals surface area contributed by atoms with Crippen molar-refractivity contribution in [3.05, 3.63) is 59.2 Å². The minimum Gasteiger partial charge on any atom is -0.224 e. The molecule has 5 nitrogen and oxygen atoms in total. The summed E-state index contributed by atoms with van der Waals surface area (Å²) >= 11 is 0. The van der Waals surface area contributed by atoms with Crippen molar-refractivity contribution >= 4 is 19.9 Å². The highest BCUT2D eigenvalue weighted by Crippen LogP contribution is 2.29. The number of sulfone groups is 1. The van der Waals surface area contributed by atoms with Gasteiger partial charge in [0.05, 0.1) is 9.79 Å². The zero-order valence-corrected chi connectivity index (χ0v) is 17.5. The second-order valence-electron chi connectivity index (χ2n) is 7.18. The molecule has 0 fully saturated rings. The minimum absolute atomic E-state index is 0.221. The number of fused-ring (bicyclic) bond motifs is 1. The van der Waals surface area contributed by atoms with Gasteiger partial charge in [-0.15, -0.1) is 0 Å². The van der Waals surface area contributed by atoms with Gasteiger partial charge in [0.15, 0.2) is 9.84 Å². The van der Waals surface area contributed by atoms with Crippen molar-refractivity contribution in [1.82, 2.24) is 4.31 Å². The first-order chi connectivity index (χ1) is 12.6. The molecule has 0 amide bonds. The lowest BCUT2D eigenvalue weighted by atomic mass is 9.92. The van der Waals surface area contributed by atoms with Crippen molar-refractivity contribution in [1.29, 1.82) is 0 Å². The third-order valence-electron chi connectivity index (χ3n) is 5.33. The number of hydrogen-bond acceptors (Lipinski definition) is 4. The lowest BCUT2D eigenvalue weighted by Crippen LogP contribution is -2.30. The fraction of sp³-hybridized carbons (Fsp3) is 0.400. The molecular formula is C20H25NO4S2. The number of sulfonamides is 1. The second-order valence-corrected chi connectivity index (χ2v) is 11.2. The lowest BCUT2D eigenvalue weighted by Gasteiger charge is -2.26. The summed E-state index contributed by atoms with van der Waals surface area (Å²) in [5.74, 6) is 0. The first-order valence-corrected chi connectivity index (χ1v) is 12.3. The van der Waals surface area contributed by atoms with Crippen LogP contribution in [0.3, 0.4) is 0 Å². The van der Waals surface area contributed by atoms with E-state index in [1.165, 1.54) is 22.0 Å². The zero-order chi connectivity index (χ0) is 19.8. The van der Waals surface area contributed by atoms with Crippen LogP contribution in [-0.4, -0.2) is 34.4 Å². The van der Waals surface area contributed by atoms with Gasteiger partial charge >= 0.3 is 0 Å². The van der Waals surface area contributed by atoms with E-state index in [0.29, 0.717) is 4.90 Å². The van der Waals surface area contributed by atoms with Crippen molar-refractivity contribution in [2.45, 2.75) is 48.4 Å². The van der Waals surface area contributed by atoms with E-state index in [4.69, 9.17) is 0 Å². The van der Waals surface area contributed by atoms with Gasteiger partial charge in [0.25, 0.3) is 0 Å². The van der Waals surface area contributed by atoms with E-state index in [2.05, 4.69) is 0 Å². The fourth-order valence-corrected chi connectivity index (χ4v) is 5.48. The molecule has 0 radical (unpaired) electrons. The maximum absolute atomic E-state index is 13.1. The molecule has 27 heavy (non-hydrogen) atoms. The Morgan fingerprint density at radius 3 is 2.00 bits per heavy atom. The average Bonchev–Trinajstić information content (AvgIpc) is 2.65. The highest BCUT2D eigenvalue weighted by atomic mass is 32.2. The van der Waals surface area contributed by atoms with Crippen LogP contribution < -0.4 is 0 Å². The van der Waals surface area contributed by atoms with E-state index >= 15 is 0 Å². The topological polar surface area (TPSA) is 71.5 Å². The van der Waals surface area contributed by atoms with Crippen LogP contribution in [0.4, 0.5) is 0 Å². The van der Waals surface area contributed by atoms with Gasteiger partial charge in [-0.05, 0) is 73.6 Å². The number of nitrogens with zero attached hydrogens (tertiary/aromatic N) is 1. The summed E-state index contributed by atoms with van der Waals surface area (Å²) in [6.07, 6.45) is 5.33. The molecule has 0 unspecified atom stereocenters. The maximum atomic E-state index is 13.1. The van der Waals surface area contributed by atoms with Gasteiger partial charge in [0, 0.05) is 19.3 Å². The van der Waals surface area contributed by atoms with E-state index < -0.39 is 25.9 Å². The van der Waals surface area contributed by atoms with Crippen LogP contribution >= 0.6 is 0 Å². The SMILES string of the molecule is C[C@H](c1ccc(S(C)(=O)=O)cc1)N(C)S(=O)(=O)c1ccc2c(c1)CCCC2. The van der Waals surface area contributed by atoms with E-state index in [0.717, 1.165) is 43.1 Å². The molecule has 0 aliphatic heterocycles. The van der Waals surface area contributed by atoms with Crippen LogP contribution in [-0.2, 0) is 32.7 Å². The predicted octanol–water partition coefficient (Wildman–Crippen LogP) is 3.35. The first kappa shape index (κ1) is 20.0. The smallest absolute Gasteiger partial charge is 0.224 e. The van der Waals surface area contributed by atoms with Crippen molar-refractivity contribution in [3.63, 3.8) is 0 Å². The van der Waals surface area contributed by atoms with Crippen LogP contribution in [0.15, 0.2) is 52.3 Å². The van der Waals surface area contributed by atoms with Gasteiger partial charge in [-0.1, -0.05) is 18.2 Å². The molecule has 0 spiro atoms. The van der Waals surface area contributed by atoms with Crippen molar-refractivity contribution in [2.75, 3.05) is 13.3 Å². The van der Waals surface area contributed by atoms with Crippen molar-refractivity contribution in [2.24, 2.45) is 0 Å². The third-order valence-corrected chi connectivity index (χ3v) is 8.39. The molecule has 146 valence electrons. The van der Waals surface area contributed by atoms with Gasteiger partial charge in [-0.3, -0.25) is 0 Å². The van der Waals surface area contributed by atoms with Gasteiger partial charge in [-0.25, -0.2) is 16.8 Å². The minimum atomic E-state index is -3.64. The summed E-state index contributed by atoms with van der Waals surface area (Å²) in [7, 11) is -5.36. The summed E-state index contributed by atoms with van der Waals surface area (Å²) in [5.41, 5.74) is 3.11. The quantitative estimate of drug-likeness (QED) is 0.762. The predicted molar refractivity (Wildman–Crippen MR) is 106 cm³/mol. The lowest BCUT2D eigenvalue weighted by molar-refractivity contribution is 0.398. The number of rotatable bonds is 5. The van der Waals surface area contributed by atoms with Crippen LogP contribution in [0.5, 0.6) is 0 Å². The second kappa shape index (κ2) is 7.37. The summed E-state index contributed by atoms with van der Waals surface area (Å²) in [6.45, 7) is 1.80. The zero-order valence-electron chi connectivity index (χ0n) is 15.8. The molecule has 0 saturated carbocycles. The molecule has 0 aromatic heterocycles. The Morgan fingerprint density at radius 1 is 0.852 bits per heavy atom. The number of aryl methyl sites for hydroxylation is 2. The Morgan fingerprint density at radius 2 is 1.41 bits per heavy atom.